The van der Waals surface area contributed by atoms with Crippen molar-refractivity contribution in [1.29, 1.82) is 0 Å². The van der Waals surface area contributed by atoms with Gasteiger partial charge >= 0.3 is 0 Å². The number of ketones is 1. The highest BCUT2D eigenvalue weighted by Crippen LogP contribution is 2.55. The maximum atomic E-state index is 14.6. The summed E-state index contributed by atoms with van der Waals surface area (Å²) in [6.07, 6.45) is 5.96. The van der Waals surface area contributed by atoms with Crippen LogP contribution in [0.5, 0.6) is 0 Å². The summed E-state index contributed by atoms with van der Waals surface area (Å²) in [6.45, 7) is 34.8. The molecule has 0 aromatic carbocycles. The average Bonchev–Trinajstić information content (AvgIpc) is 3.90. The summed E-state index contributed by atoms with van der Waals surface area (Å²) in [5, 5.41) is 0.0634. The highest BCUT2D eigenvalue weighted by atomic mass is 28.4. The molecule has 0 aromatic rings. The van der Waals surface area contributed by atoms with Crippen molar-refractivity contribution in [2.75, 3.05) is 13.7 Å². The molecule has 10 rings (SSSR count). The van der Waals surface area contributed by atoms with Crippen LogP contribution in [0, 0.1) is 11.8 Å². The number of rotatable bonds is 8. The van der Waals surface area contributed by atoms with Crippen molar-refractivity contribution in [3.8, 4) is 0 Å². The summed E-state index contributed by atoms with van der Waals surface area (Å²) in [4.78, 5) is 14.6. The molecule has 10 saturated heterocycles. The van der Waals surface area contributed by atoms with E-state index in [9.17, 15) is 4.79 Å². The van der Waals surface area contributed by atoms with Crippen molar-refractivity contribution in [3.63, 3.8) is 0 Å². The number of carbonyl (C=O) groups excluding carboxylic acids is 1. The maximum absolute atomic E-state index is 14.6. The third kappa shape index (κ3) is 9.87. The van der Waals surface area contributed by atoms with Gasteiger partial charge in [-0.15, -0.1) is 0 Å². The first kappa shape index (κ1) is 50.1. The molecule has 0 aromatic heterocycles. The van der Waals surface area contributed by atoms with Crippen molar-refractivity contribution in [1.82, 2.24) is 0 Å². The summed E-state index contributed by atoms with van der Waals surface area (Å²) in [6, 6.07) is 0. The van der Waals surface area contributed by atoms with Crippen molar-refractivity contribution < 1.29 is 56.3 Å². The van der Waals surface area contributed by atoms with Crippen molar-refractivity contribution in [2.45, 2.75) is 272 Å². The van der Waals surface area contributed by atoms with Gasteiger partial charge in [-0.25, -0.2) is 0 Å². The van der Waals surface area contributed by atoms with E-state index in [1.807, 2.05) is 0 Å². The maximum Gasteiger partial charge on any atom is 0.192 e. The number of Topliss-reactive ketones (excluding diaryl/α,β-unsaturated/α-hetero) is 1. The number of methoxy groups -OCH3 is 1. The molecule has 0 saturated carbocycles. The molecular formula is C52H86O12Si2. The Kier molecular flexibility index (Phi) is 14.1. The van der Waals surface area contributed by atoms with Crippen LogP contribution in [0.1, 0.15) is 132 Å². The van der Waals surface area contributed by atoms with Gasteiger partial charge in [0.25, 0.3) is 0 Å². The highest BCUT2D eigenvalue weighted by Gasteiger charge is 2.69. The lowest BCUT2D eigenvalue weighted by molar-refractivity contribution is -0.292. The third-order valence-corrected chi connectivity index (χ3v) is 27.4. The highest BCUT2D eigenvalue weighted by molar-refractivity contribution is 6.74. The number of carbonyl (C=O) groups is 1. The minimum Gasteiger partial charge on any atom is -0.414 e. The van der Waals surface area contributed by atoms with Gasteiger partial charge in [0, 0.05) is 51.6 Å². The van der Waals surface area contributed by atoms with Crippen LogP contribution in [-0.2, 0) is 56.3 Å². The molecule has 1 spiro atoms. The Balaban J connectivity index is 0.993. The molecule has 14 heteroatoms. The fourth-order valence-electron chi connectivity index (χ4n) is 12.4. The zero-order valence-electron chi connectivity index (χ0n) is 42.6. The van der Waals surface area contributed by atoms with Gasteiger partial charge in [0.1, 0.15) is 36.3 Å². The smallest absolute Gasteiger partial charge is 0.192 e. The monoisotopic (exact) mass is 959 g/mol. The minimum atomic E-state index is -2.22. The fraction of sp³-hybridized carbons (Fsp3) is 0.904. The van der Waals surface area contributed by atoms with Gasteiger partial charge in [-0.3, -0.25) is 4.79 Å². The number of hydrogen-bond acceptors (Lipinski definition) is 12. The van der Waals surface area contributed by atoms with Crippen LogP contribution in [0.15, 0.2) is 24.3 Å². The first-order valence-corrected chi connectivity index (χ1v) is 31.8. The second-order valence-electron chi connectivity index (χ2n) is 25.1. The van der Waals surface area contributed by atoms with Crippen LogP contribution in [0.3, 0.4) is 0 Å². The van der Waals surface area contributed by atoms with Gasteiger partial charge in [0.05, 0.1) is 73.8 Å². The molecule has 19 atom stereocenters. The summed E-state index contributed by atoms with van der Waals surface area (Å²) < 4.78 is 76.0. The molecule has 66 heavy (non-hydrogen) atoms. The topological polar surface area (TPSA) is 119 Å². The Bertz CT molecular complexity index is 1790. The molecule has 0 radical (unpaired) electrons. The Morgan fingerprint density at radius 3 is 2.09 bits per heavy atom. The van der Waals surface area contributed by atoms with Crippen molar-refractivity contribution in [2.24, 2.45) is 11.8 Å². The Labute approximate surface area is 398 Å². The van der Waals surface area contributed by atoms with E-state index in [2.05, 4.69) is 87.8 Å². The van der Waals surface area contributed by atoms with E-state index in [0.717, 1.165) is 56.1 Å². The van der Waals surface area contributed by atoms with E-state index in [0.29, 0.717) is 45.1 Å². The van der Waals surface area contributed by atoms with E-state index < -0.39 is 22.4 Å². The zero-order chi connectivity index (χ0) is 47.3. The van der Waals surface area contributed by atoms with E-state index >= 15 is 0 Å². The number of fused-ring (bicyclic) bond motifs is 6. The lowest BCUT2D eigenvalue weighted by atomic mass is 9.81. The number of ether oxygens (including phenoxy) is 9. The summed E-state index contributed by atoms with van der Waals surface area (Å²) >= 11 is 0. The summed E-state index contributed by atoms with van der Waals surface area (Å²) in [5.74, 6) is -0.554. The van der Waals surface area contributed by atoms with E-state index in [1.165, 1.54) is 0 Å². The fourth-order valence-corrected chi connectivity index (χ4v) is 14.8. The molecule has 10 fully saturated rings. The lowest BCUT2D eigenvalue weighted by Crippen LogP contribution is -2.61. The molecule has 10 aliphatic heterocycles. The van der Waals surface area contributed by atoms with E-state index in [-0.39, 0.29) is 125 Å². The van der Waals surface area contributed by atoms with Crippen molar-refractivity contribution in [3.05, 3.63) is 24.3 Å². The molecule has 10 heterocycles. The summed E-state index contributed by atoms with van der Waals surface area (Å²) in [7, 11) is -2.55. The van der Waals surface area contributed by atoms with E-state index in [1.54, 1.807) is 7.11 Å². The number of hydrogen-bond donors (Lipinski definition) is 0. The molecule has 0 amide bonds. The third-order valence-electron chi connectivity index (χ3n) is 18.4. The molecular weight excluding hydrogens is 873 g/mol. The standard InChI is InChI=1S/C52H86O12Si2/c1-29-21-33-15-17-38-30(2)22-35(56-38)19-20-52-27-43-46(62-52)47-48(61-43)49(63-52)45-39(60-47)18-16-34(58-45)23-32(53)24-37-41(26-40(57-33)31(29)3)59-42(44(37)54-10)25-36(64-66(13,14)51(7,8)9)28-55-65(11,12)50(4,5)6/h29,33-49H,2-3,15-28H2,1,4-14H3/t29?,33?,34?,35?,36?,37?,38-,39?,40?,41?,42+,43?,44+,45-,46?,47?,48?,49?,52-/m0/s1. The van der Waals surface area contributed by atoms with E-state index in [4.69, 9.17) is 51.5 Å². The molecule has 14 unspecified atom stereocenters. The average molecular weight is 959 g/mol. The summed E-state index contributed by atoms with van der Waals surface area (Å²) in [5.41, 5.74) is 2.25. The Morgan fingerprint density at radius 1 is 0.697 bits per heavy atom. The van der Waals surface area contributed by atoms with Crippen LogP contribution in [-0.4, -0.2) is 140 Å². The van der Waals surface area contributed by atoms with Gasteiger partial charge < -0.3 is 51.5 Å². The normalized spacial score (nSPS) is 44.9. The van der Waals surface area contributed by atoms with Crippen LogP contribution in [0.25, 0.3) is 0 Å². The molecule has 0 N–H and O–H groups in total. The van der Waals surface area contributed by atoms with Crippen LogP contribution < -0.4 is 0 Å². The predicted octanol–water partition coefficient (Wildman–Crippen LogP) is 9.53. The first-order chi connectivity index (χ1) is 30.9. The lowest BCUT2D eigenvalue weighted by Gasteiger charge is -2.47. The predicted molar refractivity (Wildman–Crippen MR) is 256 cm³/mol. The van der Waals surface area contributed by atoms with Crippen LogP contribution >= 0.6 is 0 Å². The largest absolute Gasteiger partial charge is 0.414 e. The molecule has 12 bridgehead atoms. The first-order valence-electron chi connectivity index (χ1n) is 25.9. The molecule has 12 nitrogen and oxygen atoms in total. The van der Waals surface area contributed by atoms with Crippen molar-refractivity contribution >= 4 is 22.4 Å². The zero-order valence-corrected chi connectivity index (χ0v) is 44.6. The molecule has 374 valence electrons. The molecule has 10 aliphatic rings. The van der Waals surface area contributed by atoms with Gasteiger partial charge in [-0.1, -0.05) is 61.6 Å². The van der Waals surface area contributed by atoms with Crippen LogP contribution in [0.2, 0.25) is 36.3 Å². The van der Waals surface area contributed by atoms with Crippen LogP contribution in [0.4, 0.5) is 0 Å². The second kappa shape index (κ2) is 18.6. The minimum absolute atomic E-state index is 0.00884. The van der Waals surface area contributed by atoms with Gasteiger partial charge in [-0.05, 0) is 98.3 Å². The molecule has 0 aliphatic carbocycles. The van der Waals surface area contributed by atoms with Gasteiger partial charge in [0.15, 0.2) is 22.4 Å². The van der Waals surface area contributed by atoms with Gasteiger partial charge in [-0.2, -0.15) is 0 Å². The SMILES string of the molecule is C=C1C(C)CC2CC[C@@H]3OC(CC[C@@]45CC6OC7C(OC8CCC(CC(=O)CC9C(CC1O2)O[C@H](CC(CO[Si](C)(C)C(C)(C)C)O[Si](C)(C)C(C)(C)C)[C@@H]9OC)O[C@@H]8C7O4)C6O5)CC3=C. The van der Waals surface area contributed by atoms with Gasteiger partial charge in [0.2, 0.25) is 0 Å². The second-order valence-corrected chi connectivity index (χ2v) is 34.7. The quantitative estimate of drug-likeness (QED) is 0.170. The Morgan fingerprint density at radius 2 is 1.36 bits per heavy atom. The Hall–Kier alpha value is -0.856.